The monoisotopic (exact) mass is 126 g/mol. The van der Waals surface area contributed by atoms with E-state index in [1.807, 2.05) is 6.08 Å². The van der Waals surface area contributed by atoms with Crippen molar-refractivity contribution >= 4 is 5.91 Å². The first-order valence-electron chi connectivity index (χ1n) is 3.01. The lowest BCUT2D eigenvalue weighted by atomic mass is 10.3. The van der Waals surface area contributed by atoms with E-state index >= 15 is 0 Å². The van der Waals surface area contributed by atoms with E-state index in [-0.39, 0.29) is 12.1 Å². The molecule has 0 saturated carbocycles. The Morgan fingerprint density at radius 2 is 2.56 bits per heavy atom. The zero-order chi connectivity index (χ0) is 6.69. The Bertz CT molecular complexity index is 142. The number of nitrogens with two attached hydrogens (primary N) is 1. The summed E-state index contributed by atoms with van der Waals surface area (Å²) in [4.78, 5) is 10.6. The van der Waals surface area contributed by atoms with Crippen molar-refractivity contribution in [3.63, 3.8) is 0 Å². The molecule has 0 spiro atoms. The van der Waals surface area contributed by atoms with E-state index in [9.17, 15) is 4.79 Å². The normalized spacial score (nSPS) is 27.2. The SMILES string of the molecule is NC1CCC=CC(=O)N1. The molecule has 0 radical (unpaired) electrons. The van der Waals surface area contributed by atoms with Crippen molar-refractivity contribution in [1.29, 1.82) is 0 Å². The highest BCUT2D eigenvalue weighted by molar-refractivity contribution is 5.87. The van der Waals surface area contributed by atoms with Gasteiger partial charge in [0, 0.05) is 0 Å². The van der Waals surface area contributed by atoms with Gasteiger partial charge in [0.1, 0.15) is 0 Å². The van der Waals surface area contributed by atoms with E-state index in [2.05, 4.69) is 5.32 Å². The smallest absolute Gasteiger partial charge is 0.244 e. The standard InChI is InChI=1S/C6H10N2O/c7-5-3-1-2-4-6(9)8-5/h2,4-5H,1,3,7H2,(H,8,9). The van der Waals surface area contributed by atoms with Gasteiger partial charge in [0.15, 0.2) is 0 Å². The Kier molecular flexibility index (Phi) is 1.85. The van der Waals surface area contributed by atoms with Gasteiger partial charge < -0.3 is 11.1 Å². The molecule has 0 aromatic carbocycles. The summed E-state index contributed by atoms with van der Waals surface area (Å²) in [6.07, 6.45) is 4.92. The highest BCUT2D eigenvalue weighted by Gasteiger charge is 2.06. The lowest BCUT2D eigenvalue weighted by Gasteiger charge is -2.07. The summed E-state index contributed by atoms with van der Waals surface area (Å²) in [6, 6.07) is 0. The molecule has 1 aliphatic rings. The third kappa shape index (κ3) is 1.85. The maximum Gasteiger partial charge on any atom is 0.244 e. The molecule has 3 nitrogen and oxygen atoms in total. The maximum absolute atomic E-state index is 10.6. The molecular formula is C6H10N2O. The van der Waals surface area contributed by atoms with Crippen LogP contribution in [0.2, 0.25) is 0 Å². The second kappa shape index (κ2) is 2.64. The average Bonchev–Trinajstić information content (AvgIpc) is 1.93. The molecule has 0 bridgehead atoms. The molecule has 1 heterocycles. The molecule has 0 aliphatic carbocycles. The van der Waals surface area contributed by atoms with Crippen LogP contribution in [0.4, 0.5) is 0 Å². The van der Waals surface area contributed by atoms with Crippen molar-refractivity contribution in [2.45, 2.75) is 19.0 Å². The summed E-state index contributed by atoms with van der Waals surface area (Å²) in [5, 5.41) is 2.59. The number of nitrogens with one attached hydrogen (secondary N) is 1. The van der Waals surface area contributed by atoms with Gasteiger partial charge in [-0.15, -0.1) is 0 Å². The lowest BCUT2D eigenvalue weighted by molar-refractivity contribution is -0.117. The minimum atomic E-state index is -0.160. The van der Waals surface area contributed by atoms with E-state index in [0.29, 0.717) is 0 Å². The molecule has 50 valence electrons. The van der Waals surface area contributed by atoms with Crippen LogP contribution in [0, 0.1) is 0 Å². The quantitative estimate of drug-likeness (QED) is 0.469. The van der Waals surface area contributed by atoms with E-state index in [0.717, 1.165) is 12.8 Å². The van der Waals surface area contributed by atoms with Gasteiger partial charge >= 0.3 is 0 Å². The van der Waals surface area contributed by atoms with Crippen LogP contribution < -0.4 is 11.1 Å². The summed E-state index contributed by atoms with van der Waals surface area (Å²) < 4.78 is 0. The number of carbonyl (C=O) groups is 1. The van der Waals surface area contributed by atoms with Gasteiger partial charge in [-0.25, -0.2) is 0 Å². The van der Waals surface area contributed by atoms with Gasteiger partial charge in [0.2, 0.25) is 5.91 Å². The predicted octanol–water partition coefficient (Wildman–Crippen LogP) is -0.263. The lowest BCUT2D eigenvalue weighted by Crippen LogP contribution is -2.39. The molecule has 1 atom stereocenters. The Balaban J connectivity index is 2.50. The number of allylic oxidation sites excluding steroid dienone is 1. The molecule has 1 rings (SSSR count). The molecule has 0 saturated heterocycles. The number of rotatable bonds is 0. The molecule has 0 fully saturated rings. The predicted molar refractivity (Wildman–Crippen MR) is 34.5 cm³/mol. The van der Waals surface area contributed by atoms with Gasteiger partial charge in [-0.3, -0.25) is 4.79 Å². The van der Waals surface area contributed by atoms with Crippen LogP contribution in [0.15, 0.2) is 12.2 Å². The van der Waals surface area contributed by atoms with Gasteiger partial charge in [0.25, 0.3) is 0 Å². The van der Waals surface area contributed by atoms with Crippen molar-refractivity contribution in [3.05, 3.63) is 12.2 Å². The number of hydrogen-bond acceptors (Lipinski definition) is 2. The summed E-state index contributed by atoms with van der Waals surface area (Å²) in [6.45, 7) is 0. The van der Waals surface area contributed by atoms with E-state index in [4.69, 9.17) is 5.73 Å². The highest BCUT2D eigenvalue weighted by Crippen LogP contribution is 1.97. The molecule has 3 N–H and O–H groups in total. The van der Waals surface area contributed by atoms with Crippen LogP contribution in [0.1, 0.15) is 12.8 Å². The van der Waals surface area contributed by atoms with E-state index in [1.54, 1.807) is 0 Å². The van der Waals surface area contributed by atoms with Crippen LogP contribution >= 0.6 is 0 Å². The molecule has 0 aromatic rings. The van der Waals surface area contributed by atoms with E-state index in [1.165, 1.54) is 6.08 Å². The topological polar surface area (TPSA) is 55.1 Å². The summed E-state index contributed by atoms with van der Waals surface area (Å²) >= 11 is 0. The van der Waals surface area contributed by atoms with Crippen LogP contribution in [-0.4, -0.2) is 12.1 Å². The summed E-state index contributed by atoms with van der Waals surface area (Å²) in [7, 11) is 0. The van der Waals surface area contributed by atoms with Crippen molar-refractivity contribution in [2.75, 3.05) is 0 Å². The molecular weight excluding hydrogens is 116 g/mol. The Morgan fingerprint density at radius 3 is 3.33 bits per heavy atom. The van der Waals surface area contributed by atoms with Crippen LogP contribution in [-0.2, 0) is 4.79 Å². The number of amides is 1. The zero-order valence-electron chi connectivity index (χ0n) is 5.13. The first kappa shape index (κ1) is 6.29. The largest absolute Gasteiger partial charge is 0.337 e. The molecule has 1 aliphatic heterocycles. The third-order valence-corrected chi connectivity index (χ3v) is 1.24. The van der Waals surface area contributed by atoms with Crippen molar-refractivity contribution < 1.29 is 4.79 Å². The molecule has 9 heavy (non-hydrogen) atoms. The second-order valence-electron chi connectivity index (χ2n) is 2.09. The fraction of sp³-hybridized carbons (Fsp3) is 0.500. The Hall–Kier alpha value is -0.830. The van der Waals surface area contributed by atoms with Crippen molar-refractivity contribution in [2.24, 2.45) is 5.73 Å². The van der Waals surface area contributed by atoms with Crippen LogP contribution in [0.25, 0.3) is 0 Å². The summed E-state index contributed by atoms with van der Waals surface area (Å²) in [5.41, 5.74) is 5.45. The highest BCUT2D eigenvalue weighted by atomic mass is 16.1. The Morgan fingerprint density at radius 1 is 1.78 bits per heavy atom. The first-order valence-corrected chi connectivity index (χ1v) is 3.01. The third-order valence-electron chi connectivity index (χ3n) is 1.24. The van der Waals surface area contributed by atoms with Gasteiger partial charge in [-0.1, -0.05) is 6.08 Å². The summed E-state index contributed by atoms with van der Waals surface area (Å²) in [5.74, 6) is -0.0833. The molecule has 1 unspecified atom stereocenters. The number of carbonyl (C=O) groups excluding carboxylic acids is 1. The molecule has 1 amide bonds. The van der Waals surface area contributed by atoms with Gasteiger partial charge in [-0.2, -0.15) is 0 Å². The average molecular weight is 126 g/mol. The zero-order valence-corrected chi connectivity index (χ0v) is 5.13. The Labute approximate surface area is 53.9 Å². The minimum absolute atomic E-state index is 0.0833. The first-order chi connectivity index (χ1) is 4.29. The van der Waals surface area contributed by atoms with Crippen molar-refractivity contribution in [1.82, 2.24) is 5.32 Å². The molecule has 3 heteroatoms. The van der Waals surface area contributed by atoms with Gasteiger partial charge in [-0.05, 0) is 18.9 Å². The van der Waals surface area contributed by atoms with E-state index < -0.39 is 0 Å². The maximum atomic E-state index is 10.6. The number of hydrogen-bond donors (Lipinski definition) is 2. The molecule has 0 aromatic heterocycles. The van der Waals surface area contributed by atoms with Gasteiger partial charge in [0.05, 0.1) is 6.17 Å². The van der Waals surface area contributed by atoms with Crippen LogP contribution in [0.3, 0.4) is 0 Å². The van der Waals surface area contributed by atoms with Crippen molar-refractivity contribution in [3.8, 4) is 0 Å². The van der Waals surface area contributed by atoms with Crippen LogP contribution in [0.5, 0.6) is 0 Å². The minimum Gasteiger partial charge on any atom is -0.337 e. The fourth-order valence-corrected chi connectivity index (χ4v) is 0.769. The fourth-order valence-electron chi connectivity index (χ4n) is 0.769. The second-order valence-corrected chi connectivity index (χ2v) is 2.09.